The highest BCUT2D eigenvalue weighted by molar-refractivity contribution is 7.99. The number of anilines is 1. The minimum Gasteiger partial charge on any atom is -0.408 e. The molecule has 0 saturated heterocycles. The first-order chi connectivity index (χ1) is 11.7. The number of thioether (sulfide) groups is 1. The van der Waals surface area contributed by atoms with Gasteiger partial charge in [-0.15, -0.1) is 16.9 Å². The predicted molar refractivity (Wildman–Crippen MR) is 95.3 cm³/mol. The SMILES string of the molecule is CCSc1ccc(CC(=O)Nc2nnc(C3CCCCC3)o2)cc1. The molecule has 1 aromatic heterocycles. The maximum Gasteiger partial charge on any atom is 0.322 e. The molecule has 0 unspecified atom stereocenters. The largest absolute Gasteiger partial charge is 0.408 e. The molecule has 1 aliphatic carbocycles. The second-order valence-electron chi connectivity index (χ2n) is 6.08. The number of carbonyl (C=O) groups excluding carboxylic acids is 1. The van der Waals surface area contributed by atoms with Gasteiger partial charge in [0.2, 0.25) is 11.8 Å². The van der Waals surface area contributed by atoms with Gasteiger partial charge in [-0.1, -0.05) is 43.4 Å². The summed E-state index contributed by atoms with van der Waals surface area (Å²) in [6.45, 7) is 2.12. The summed E-state index contributed by atoms with van der Waals surface area (Å²) in [6.07, 6.45) is 6.19. The molecule has 24 heavy (non-hydrogen) atoms. The quantitative estimate of drug-likeness (QED) is 0.785. The molecule has 0 spiro atoms. The third-order valence-corrected chi connectivity index (χ3v) is 5.13. The monoisotopic (exact) mass is 345 g/mol. The second kappa shape index (κ2) is 8.33. The second-order valence-corrected chi connectivity index (χ2v) is 7.42. The fourth-order valence-corrected chi connectivity index (χ4v) is 3.68. The molecule has 0 radical (unpaired) electrons. The van der Waals surface area contributed by atoms with Crippen molar-refractivity contribution in [1.29, 1.82) is 0 Å². The Morgan fingerprint density at radius 1 is 1.21 bits per heavy atom. The number of amides is 1. The van der Waals surface area contributed by atoms with E-state index in [4.69, 9.17) is 4.42 Å². The van der Waals surface area contributed by atoms with Crippen molar-refractivity contribution in [2.45, 2.75) is 56.3 Å². The van der Waals surface area contributed by atoms with Gasteiger partial charge in [-0.3, -0.25) is 10.1 Å². The number of hydrogen-bond acceptors (Lipinski definition) is 5. The van der Waals surface area contributed by atoms with E-state index in [1.165, 1.54) is 24.2 Å². The summed E-state index contributed by atoms with van der Waals surface area (Å²) in [4.78, 5) is 13.4. The van der Waals surface area contributed by atoms with Crippen molar-refractivity contribution < 1.29 is 9.21 Å². The lowest BCUT2D eigenvalue weighted by Crippen LogP contribution is -2.14. The van der Waals surface area contributed by atoms with Gasteiger partial charge < -0.3 is 4.42 Å². The van der Waals surface area contributed by atoms with Crippen LogP contribution in [0.1, 0.15) is 56.4 Å². The molecule has 1 aromatic carbocycles. The van der Waals surface area contributed by atoms with E-state index in [-0.39, 0.29) is 11.9 Å². The Hall–Kier alpha value is -1.82. The lowest BCUT2D eigenvalue weighted by Gasteiger charge is -2.17. The summed E-state index contributed by atoms with van der Waals surface area (Å²) < 4.78 is 5.63. The molecule has 0 atom stereocenters. The van der Waals surface area contributed by atoms with Gasteiger partial charge in [-0.2, -0.15) is 0 Å². The number of aromatic nitrogens is 2. The molecule has 3 rings (SSSR count). The molecule has 128 valence electrons. The van der Waals surface area contributed by atoms with Gasteiger partial charge in [0.15, 0.2) is 0 Å². The average Bonchev–Trinajstić information content (AvgIpc) is 3.06. The smallest absolute Gasteiger partial charge is 0.322 e. The summed E-state index contributed by atoms with van der Waals surface area (Å²) in [5.74, 6) is 1.91. The van der Waals surface area contributed by atoms with Crippen molar-refractivity contribution >= 4 is 23.7 Å². The van der Waals surface area contributed by atoms with Crippen LogP contribution in [0, 0.1) is 0 Å². The van der Waals surface area contributed by atoms with Gasteiger partial charge in [-0.25, -0.2) is 0 Å². The molecule has 1 N–H and O–H groups in total. The van der Waals surface area contributed by atoms with Gasteiger partial charge in [0.25, 0.3) is 0 Å². The molecular weight excluding hydrogens is 322 g/mol. The van der Waals surface area contributed by atoms with Crippen molar-refractivity contribution in [3.05, 3.63) is 35.7 Å². The molecule has 1 aliphatic rings. The minimum atomic E-state index is -0.135. The van der Waals surface area contributed by atoms with Crippen molar-refractivity contribution in [2.24, 2.45) is 0 Å². The van der Waals surface area contributed by atoms with Gasteiger partial charge in [0.1, 0.15) is 0 Å². The highest BCUT2D eigenvalue weighted by Gasteiger charge is 2.21. The van der Waals surface area contributed by atoms with Crippen LogP contribution in [0.3, 0.4) is 0 Å². The van der Waals surface area contributed by atoms with Crippen LogP contribution < -0.4 is 5.32 Å². The molecule has 6 heteroatoms. The first-order valence-corrected chi connectivity index (χ1v) is 9.58. The molecular formula is C18H23N3O2S. The zero-order valence-electron chi connectivity index (χ0n) is 14.0. The summed E-state index contributed by atoms with van der Waals surface area (Å²) in [6, 6.07) is 8.27. The van der Waals surface area contributed by atoms with Crippen LogP contribution in [0.4, 0.5) is 6.01 Å². The lowest BCUT2D eigenvalue weighted by molar-refractivity contribution is -0.115. The molecule has 1 saturated carbocycles. The number of hydrogen-bond donors (Lipinski definition) is 1. The number of nitrogens with one attached hydrogen (secondary N) is 1. The van der Waals surface area contributed by atoms with Crippen LogP contribution >= 0.6 is 11.8 Å². The molecule has 2 aromatic rings. The van der Waals surface area contributed by atoms with E-state index in [0.717, 1.165) is 24.2 Å². The van der Waals surface area contributed by atoms with Crippen molar-refractivity contribution in [3.8, 4) is 0 Å². The van der Waals surface area contributed by atoms with Gasteiger partial charge in [-0.05, 0) is 36.3 Å². The molecule has 0 bridgehead atoms. The Morgan fingerprint density at radius 3 is 2.67 bits per heavy atom. The van der Waals surface area contributed by atoms with Crippen LogP contribution in [0.5, 0.6) is 0 Å². The molecule has 0 aliphatic heterocycles. The Bertz CT molecular complexity index is 663. The van der Waals surface area contributed by atoms with Gasteiger partial charge in [0.05, 0.1) is 6.42 Å². The van der Waals surface area contributed by atoms with Gasteiger partial charge in [0, 0.05) is 10.8 Å². The summed E-state index contributed by atoms with van der Waals surface area (Å²) in [5, 5.41) is 10.8. The predicted octanol–water partition coefficient (Wildman–Crippen LogP) is 4.41. The first kappa shape index (κ1) is 17.0. The van der Waals surface area contributed by atoms with Crippen LogP contribution in [0.2, 0.25) is 0 Å². The van der Waals surface area contributed by atoms with Crippen molar-refractivity contribution in [2.75, 3.05) is 11.1 Å². The summed E-state index contributed by atoms with van der Waals surface area (Å²) in [7, 11) is 0. The van der Waals surface area contributed by atoms with E-state index < -0.39 is 0 Å². The fourth-order valence-electron chi connectivity index (χ4n) is 3.02. The van der Waals surface area contributed by atoms with E-state index >= 15 is 0 Å². The van der Waals surface area contributed by atoms with Crippen molar-refractivity contribution in [1.82, 2.24) is 10.2 Å². The Labute approximate surface area is 146 Å². The van der Waals surface area contributed by atoms with E-state index in [0.29, 0.717) is 18.2 Å². The van der Waals surface area contributed by atoms with E-state index in [1.807, 2.05) is 24.3 Å². The topological polar surface area (TPSA) is 68.0 Å². The van der Waals surface area contributed by atoms with E-state index in [2.05, 4.69) is 22.4 Å². The summed E-state index contributed by atoms with van der Waals surface area (Å²) >= 11 is 1.79. The van der Waals surface area contributed by atoms with Gasteiger partial charge >= 0.3 is 6.01 Å². The van der Waals surface area contributed by atoms with Crippen LogP contribution in [0.15, 0.2) is 33.6 Å². The standard InChI is InChI=1S/C18H23N3O2S/c1-2-24-15-10-8-13(9-11-15)12-16(22)19-18-21-20-17(23-18)14-6-4-3-5-7-14/h8-11,14H,2-7,12H2,1H3,(H,19,21,22). The van der Waals surface area contributed by atoms with Crippen LogP contribution in [-0.2, 0) is 11.2 Å². The normalized spacial score (nSPS) is 15.4. The van der Waals surface area contributed by atoms with Crippen LogP contribution in [-0.4, -0.2) is 21.9 Å². The number of benzene rings is 1. The van der Waals surface area contributed by atoms with Crippen molar-refractivity contribution in [3.63, 3.8) is 0 Å². The molecule has 1 amide bonds. The zero-order chi connectivity index (χ0) is 16.8. The number of nitrogens with zero attached hydrogens (tertiary/aromatic N) is 2. The first-order valence-electron chi connectivity index (χ1n) is 8.59. The maximum atomic E-state index is 12.1. The highest BCUT2D eigenvalue weighted by Crippen LogP contribution is 2.32. The fraction of sp³-hybridized carbons (Fsp3) is 0.500. The molecule has 1 fully saturated rings. The molecule has 5 nitrogen and oxygen atoms in total. The Morgan fingerprint density at radius 2 is 1.96 bits per heavy atom. The minimum absolute atomic E-state index is 0.135. The third kappa shape index (κ3) is 4.60. The highest BCUT2D eigenvalue weighted by atomic mass is 32.2. The maximum absolute atomic E-state index is 12.1. The summed E-state index contributed by atoms with van der Waals surface area (Å²) in [5.41, 5.74) is 0.972. The van der Waals surface area contributed by atoms with E-state index in [9.17, 15) is 4.79 Å². The lowest BCUT2D eigenvalue weighted by atomic mass is 9.89. The van der Waals surface area contributed by atoms with E-state index in [1.54, 1.807) is 11.8 Å². The Balaban J connectivity index is 1.53. The molecule has 1 heterocycles. The third-order valence-electron chi connectivity index (χ3n) is 4.24. The number of rotatable bonds is 6. The van der Waals surface area contributed by atoms with Crippen LogP contribution in [0.25, 0.3) is 0 Å². The zero-order valence-corrected chi connectivity index (χ0v) is 14.8. The number of carbonyl (C=O) groups is 1. The average molecular weight is 345 g/mol. The Kier molecular flexibility index (Phi) is 5.91.